The van der Waals surface area contributed by atoms with Crippen molar-refractivity contribution >= 4 is 5.91 Å². The van der Waals surface area contributed by atoms with E-state index in [0.717, 1.165) is 5.69 Å². The minimum absolute atomic E-state index is 0.0574. The smallest absolute Gasteiger partial charge is 0.252 e. The van der Waals surface area contributed by atoms with Gasteiger partial charge in [-0.1, -0.05) is 6.07 Å². The largest absolute Gasteiger partial charge is 0.272 e. The molecule has 0 fully saturated rings. The van der Waals surface area contributed by atoms with Crippen molar-refractivity contribution < 1.29 is 9.63 Å². The zero-order valence-corrected chi connectivity index (χ0v) is 9.14. The van der Waals surface area contributed by atoms with Crippen molar-refractivity contribution in [3.8, 4) is 0 Å². The van der Waals surface area contributed by atoms with Crippen molar-refractivity contribution in [3.05, 3.63) is 30.1 Å². The Hall–Kier alpha value is -1.42. The van der Waals surface area contributed by atoms with Gasteiger partial charge in [0.15, 0.2) is 0 Å². The van der Waals surface area contributed by atoms with Gasteiger partial charge in [-0.05, 0) is 26.0 Å². The van der Waals surface area contributed by atoms with Gasteiger partial charge in [-0.25, -0.2) is 5.06 Å². The van der Waals surface area contributed by atoms with E-state index in [-0.39, 0.29) is 12.3 Å². The molecule has 4 heteroatoms. The summed E-state index contributed by atoms with van der Waals surface area (Å²) in [5.74, 6) is -0.0574. The number of carbonyl (C=O) groups is 1. The van der Waals surface area contributed by atoms with Crippen LogP contribution in [0.3, 0.4) is 0 Å². The second kappa shape index (κ2) is 6.14. The van der Waals surface area contributed by atoms with Crippen LogP contribution >= 0.6 is 0 Å². The third-order valence-electron chi connectivity index (χ3n) is 1.91. The lowest BCUT2D eigenvalue weighted by Crippen LogP contribution is -2.32. The van der Waals surface area contributed by atoms with Gasteiger partial charge in [0.25, 0.3) is 5.91 Å². The highest BCUT2D eigenvalue weighted by molar-refractivity contribution is 5.77. The van der Waals surface area contributed by atoms with Crippen molar-refractivity contribution in [1.29, 1.82) is 0 Å². The molecule has 1 amide bonds. The predicted molar refractivity (Wildman–Crippen MR) is 57.0 cm³/mol. The number of hydrogen-bond donors (Lipinski definition) is 0. The van der Waals surface area contributed by atoms with E-state index in [1.165, 1.54) is 5.06 Å². The van der Waals surface area contributed by atoms with Crippen LogP contribution in [-0.4, -0.2) is 29.1 Å². The van der Waals surface area contributed by atoms with Gasteiger partial charge in [0, 0.05) is 18.4 Å². The van der Waals surface area contributed by atoms with Crippen LogP contribution in [-0.2, 0) is 16.1 Å². The minimum Gasteiger partial charge on any atom is -0.272 e. The number of amides is 1. The molecule has 1 aromatic rings. The summed E-state index contributed by atoms with van der Waals surface area (Å²) in [6.07, 6.45) is 1.97. The lowest BCUT2D eigenvalue weighted by atomic mass is 10.2. The highest BCUT2D eigenvalue weighted by atomic mass is 16.7. The minimum atomic E-state index is -0.0574. The van der Waals surface area contributed by atoms with Crippen molar-refractivity contribution in [2.45, 2.75) is 20.3 Å². The normalized spacial score (nSPS) is 10.0. The van der Waals surface area contributed by atoms with E-state index >= 15 is 0 Å². The number of carbonyl (C=O) groups excluding carboxylic acids is 1. The van der Waals surface area contributed by atoms with Gasteiger partial charge >= 0.3 is 0 Å². The Morgan fingerprint density at radius 3 is 2.80 bits per heavy atom. The molecule has 0 N–H and O–H groups in total. The summed E-state index contributed by atoms with van der Waals surface area (Å²) in [5, 5.41) is 1.37. The fourth-order valence-electron chi connectivity index (χ4n) is 1.24. The van der Waals surface area contributed by atoms with Crippen LogP contribution in [0.1, 0.15) is 19.5 Å². The first kappa shape index (κ1) is 11.7. The number of hydroxylamine groups is 2. The van der Waals surface area contributed by atoms with Crippen molar-refractivity contribution in [2.75, 3.05) is 13.2 Å². The quantitative estimate of drug-likeness (QED) is 0.687. The Morgan fingerprint density at radius 2 is 2.27 bits per heavy atom. The van der Waals surface area contributed by atoms with Crippen LogP contribution < -0.4 is 0 Å². The zero-order chi connectivity index (χ0) is 11.1. The Balaban J connectivity index is 2.54. The standard InChI is InChI=1S/C11H16N2O2/c1-3-13(15-4-2)11(14)9-10-7-5-6-8-12-10/h5-8H,3-4,9H2,1-2H3. The van der Waals surface area contributed by atoms with Crippen LogP contribution in [0.4, 0.5) is 0 Å². The highest BCUT2D eigenvalue weighted by Crippen LogP contribution is 2.00. The number of rotatable bonds is 5. The Morgan fingerprint density at radius 1 is 1.47 bits per heavy atom. The zero-order valence-electron chi connectivity index (χ0n) is 9.14. The molecule has 15 heavy (non-hydrogen) atoms. The molecule has 0 bridgehead atoms. The van der Waals surface area contributed by atoms with E-state index < -0.39 is 0 Å². The van der Waals surface area contributed by atoms with Gasteiger partial charge in [0.2, 0.25) is 0 Å². The van der Waals surface area contributed by atoms with Crippen LogP contribution in [0.5, 0.6) is 0 Å². The fraction of sp³-hybridized carbons (Fsp3) is 0.455. The molecule has 0 aliphatic heterocycles. The summed E-state index contributed by atoms with van der Waals surface area (Å²) in [6, 6.07) is 5.53. The molecule has 1 aromatic heterocycles. The molecule has 1 heterocycles. The molecular weight excluding hydrogens is 192 g/mol. The van der Waals surface area contributed by atoms with Crippen molar-refractivity contribution in [3.63, 3.8) is 0 Å². The first-order valence-corrected chi connectivity index (χ1v) is 5.11. The fourth-order valence-corrected chi connectivity index (χ4v) is 1.24. The molecule has 0 unspecified atom stereocenters. The van der Waals surface area contributed by atoms with Gasteiger partial charge < -0.3 is 0 Å². The summed E-state index contributed by atoms with van der Waals surface area (Å²) < 4.78 is 0. The molecule has 82 valence electrons. The molecular formula is C11H16N2O2. The molecule has 0 aromatic carbocycles. The second-order valence-electron chi connectivity index (χ2n) is 3.00. The van der Waals surface area contributed by atoms with E-state index in [2.05, 4.69) is 4.98 Å². The van der Waals surface area contributed by atoms with E-state index in [4.69, 9.17) is 4.84 Å². The van der Waals surface area contributed by atoms with Gasteiger partial charge in [-0.3, -0.25) is 14.6 Å². The number of pyridine rings is 1. The summed E-state index contributed by atoms with van der Waals surface area (Å²) in [7, 11) is 0. The highest BCUT2D eigenvalue weighted by Gasteiger charge is 2.12. The average molecular weight is 208 g/mol. The molecule has 0 saturated heterocycles. The summed E-state index contributed by atoms with van der Waals surface area (Å²) in [5.41, 5.74) is 0.764. The number of nitrogens with zero attached hydrogens (tertiary/aromatic N) is 2. The molecule has 4 nitrogen and oxygen atoms in total. The second-order valence-corrected chi connectivity index (χ2v) is 3.00. The number of likely N-dealkylation sites (N-methyl/N-ethyl adjacent to an activating group) is 1. The summed E-state index contributed by atoms with van der Waals surface area (Å²) >= 11 is 0. The maximum atomic E-state index is 11.7. The lowest BCUT2D eigenvalue weighted by Gasteiger charge is -2.18. The number of aromatic nitrogens is 1. The molecule has 1 rings (SSSR count). The first-order valence-electron chi connectivity index (χ1n) is 5.11. The maximum absolute atomic E-state index is 11.7. The monoisotopic (exact) mass is 208 g/mol. The Labute approximate surface area is 89.8 Å². The van der Waals surface area contributed by atoms with Crippen LogP contribution in [0.15, 0.2) is 24.4 Å². The Bertz CT molecular complexity index is 301. The van der Waals surface area contributed by atoms with E-state index in [9.17, 15) is 4.79 Å². The van der Waals surface area contributed by atoms with Gasteiger partial charge in [-0.2, -0.15) is 0 Å². The molecule has 0 aliphatic rings. The maximum Gasteiger partial charge on any atom is 0.252 e. The molecule has 0 atom stereocenters. The lowest BCUT2D eigenvalue weighted by molar-refractivity contribution is -0.182. The van der Waals surface area contributed by atoms with Gasteiger partial charge in [0.1, 0.15) is 0 Å². The van der Waals surface area contributed by atoms with Gasteiger partial charge in [0.05, 0.1) is 13.0 Å². The summed E-state index contributed by atoms with van der Waals surface area (Å²) in [4.78, 5) is 21.0. The first-order chi connectivity index (χ1) is 7.27. The van der Waals surface area contributed by atoms with E-state index in [1.54, 1.807) is 6.20 Å². The molecule has 0 aliphatic carbocycles. The van der Waals surface area contributed by atoms with Gasteiger partial charge in [-0.15, -0.1) is 0 Å². The average Bonchev–Trinajstić information content (AvgIpc) is 2.27. The molecule has 0 spiro atoms. The van der Waals surface area contributed by atoms with Crippen LogP contribution in [0.25, 0.3) is 0 Å². The van der Waals surface area contributed by atoms with Crippen LogP contribution in [0, 0.1) is 0 Å². The van der Waals surface area contributed by atoms with Crippen LogP contribution in [0.2, 0.25) is 0 Å². The van der Waals surface area contributed by atoms with E-state index in [0.29, 0.717) is 13.2 Å². The summed E-state index contributed by atoms with van der Waals surface area (Å²) in [6.45, 7) is 4.80. The van der Waals surface area contributed by atoms with Crippen molar-refractivity contribution in [1.82, 2.24) is 10.0 Å². The third kappa shape index (κ3) is 3.67. The SMILES string of the molecule is CCON(CC)C(=O)Cc1ccccn1. The topological polar surface area (TPSA) is 42.4 Å². The molecule has 0 radical (unpaired) electrons. The van der Waals surface area contributed by atoms with Crippen molar-refractivity contribution in [2.24, 2.45) is 0 Å². The van der Waals surface area contributed by atoms with E-state index in [1.807, 2.05) is 32.0 Å². The molecule has 0 saturated carbocycles. The number of hydrogen-bond acceptors (Lipinski definition) is 3. The predicted octanol–water partition coefficient (Wildman–Crippen LogP) is 1.42. The Kier molecular flexibility index (Phi) is 4.77. The third-order valence-corrected chi connectivity index (χ3v) is 1.91.